The van der Waals surface area contributed by atoms with Gasteiger partial charge in [0.05, 0.1) is 0 Å². The fraction of sp³-hybridized carbons (Fsp3) is 0.643. The van der Waals surface area contributed by atoms with E-state index in [0.29, 0.717) is 6.04 Å². The van der Waals surface area contributed by atoms with Crippen molar-refractivity contribution in [2.24, 2.45) is 0 Å². The maximum absolute atomic E-state index is 5.51. The highest BCUT2D eigenvalue weighted by molar-refractivity contribution is 5.13. The molecule has 0 aliphatic heterocycles. The molecule has 1 unspecified atom stereocenters. The molecular weight excluding hydrogens is 212 g/mol. The highest BCUT2D eigenvalue weighted by Gasteiger charge is 2.02. The van der Waals surface area contributed by atoms with Crippen molar-refractivity contribution in [1.82, 2.24) is 10.3 Å². The summed E-state index contributed by atoms with van der Waals surface area (Å²) in [6.45, 7) is 7.11. The zero-order chi connectivity index (χ0) is 12.3. The Morgan fingerprint density at radius 3 is 2.65 bits per heavy atom. The highest BCUT2D eigenvalue weighted by atomic mass is 16.5. The molecule has 96 valence electrons. The van der Waals surface area contributed by atoms with Crippen LogP contribution in [0, 0.1) is 0 Å². The van der Waals surface area contributed by atoms with Crippen molar-refractivity contribution in [2.75, 3.05) is 19.8 Å². The third kappa shape index (κ3) is 6.39. The van der Waals surface area contributed by atoms with Gasteiger partial charge in [-0.25, -0.2) is 0 Å². The van der Waals surface area contributed by atoms with E-state index < -0.39 is 0 Å². The number of nitrogens with zero attached hydrogens (tertiary/aromatic N) is 1. The molecule has 0 aliphatic carbocycles. The van der Waals surface area contributed by atoms with E-state index in [4.69, 9.17) is 4.74 Å². The van der Waals surface area contributed by atoms with Gasteiger partial charge in [-0.3, -0.25) is 4.98 Å². The number of ether oxygens (including phenoxy) is 1. The zero-order valence-electron chi connectivity index (χ0n) is 11.0. The van der Waals surface area contributed by atoms with Crippen molar-refractivity contribution in [3.05, 3.63) is 30.1 Å². The topological polar surface area (TPSA) is 34.1 Å². The SMILES string of the molecule is CCCCOCCCNC(C)c1ccncc1. The first-order valence-corrected chi connectivity index (χ1v) is 6.55. The molecule has 1 aromatic heterocycles. The molecule has 0 spiro atoms. The molecule has 0 saturated heterocycles. The maximum atomic E-state index is 5.51. The van der Waals surface area contributed by atoms with Crippen LogP contribution in [0.1, 0.15) is 44.7 Å². The summed E-state index contributed by atoms with van der Waals surface area (Å²) in [5.74, 6) is 0. The third-order valence-electron chi connectivity index (χ3n) is 2.76. The number of nitrogens with one attached hydrogen (secondary N) is 1. The van der Waals surface area contributed by atoms with E-state index in [0.717, 1.165) is 26.2 Å². The molecular formula is C14H24N2O. The van der Waals surface area contributed by atoms with Crippen LogP contribution in [0.2, 0.25) is 0 Å². The summed E-state index contributed by atoms with van der Waals surface area (Å²) in [6.07, 6.45) is 7.11. The Balaban J connectivity index is 2.03. The van der Waals surface area contributed by atoms with E-state index in [1.807, 2.05) is 12.4 Å². The number of hydrogen-bond donors (Lipinski definition) is 1. The number of hydrogen-bond acceptors (Lipinski definition) is 3. The third-order valence-corrected chi connectivity index (χ3v) is 2.76. The average molecular weight is 236 g/mol. The van der Waals surface area contributed by atoms with Gasteiger partial charge >= 0.3 is 0 Å². The van der Waals surface area contributed by atoms with Crippen LogP contribution in [0.15, 0.2) is 24.5 Å². The Hall–Kier alpha value is -0.930. The lowest BCUT2D eigenvalue weighted by Gasteiger charge is -2.13. The van der Waals surface area contributed by atoms with Crippen LogP contribution in [0.5, 0.6) is 0 Å². The first-order valence-electron chi connectivity index (χ1n) is 6.55. The maximum Gasteiger partial charge on any atom is 0.0478 e. The van der Waals surface area contributed by atoms with Crippen molar-refractivity contribution in [1.29, 1.82) is 0 Å². The van der Waals surface area contributed by atoms with Crippen LogP contribution < -0.4 is 5.32 Å². The molecule has 3 heteroatoms. The molecule has 0 amide bonds. The molecule has 1 heterocycles. The summed E-state index contributed by atoms with van der Waals surface area (Å²) in [5, 5.41) is 3.48. The lowest BCUT2D eigenvalue weighted by Crippen LogP contribution is -2.21. The fourth-order valence-electron chi connectivity index (χ4n) is 1.61. The molecule has 1 N–H and O–H groups in total. The second-order valence-corrected chi connectivity index (χ2v) is 4.28. The molecule has 0 aliphatic rings. The largest absolute Gasteiger partial charge is 0.381 e. The van der Waals surface area contributed by atoms with Gasteiger partial charge in [0.25, 0.3) is 0 Å². The van der Waals surface area contributed by atoms with E-state index in [1.54, 1.807) is 0 Å². The van der Waals surface area contributed by atoms with E-state index in [1.165, 1.54) is 18.4 Å². The predicted octanol–water partition coefficient (Wildman–Crippen LogP) is 2.94. The zero-order valence-corrected chi connectivity index (χ0v) is 11.0. The lowest BCUT2D eigenvalue weighted by atomic mass is 10.1. The molecule has 1 aromatic rings. The quantitative estimate of drug-likeness (QED) is 0.669. The first-order chi connectivity index (χ1) is 8.34. The molecule has 1 rings (SSSR count). The number of aromatic nitrogens is 1. The van der Waals surface area contributed by atoms with Crippen molar-refractivity contribution >= 4 is 0 Å². The minimum Gasteiger partial charge on any atom is -0.381 e. The van der Waals surface area contributed by atoms with Crippen LogP contribution in [0.3, 0.4) is 0 Å². The van der Waals surface area contributed by atoms with E-state index >= 15 is 0 Å². The lowest BCUT2D eigenvalue weighted by molar-refractivity contribution is 0.128. The summed E-state index contributed by atoms with van der Waals surface area (Å²) in [4.78, 5) is 4.02. The van der Waals surface area contributed by atoms with Gasteiger partial charge in [0, 0.05) is 31.6 Å². The van der Waals surface area contributed by atoms with Crippen LogP contribution in [-0.2, 0) is 4.74 Å². The summed E-state index contributed by atoms with van der Waals surface area (Å²) in [7, 11) is 0. The molecule has 17 heavy (non-hydrogen) atoms. The normalized spacial score (nSPS) is 12.6. The minimum atomic E-state index is 0.383. The summed E-state index contributed by atoms with van der Waals surface area (Å²) < 4.78 is 5.51. The summed E-state index contributed by atoms with van der Waals surface area (Å²) in [6, 6.07) is 4.49. The minimum absolute atomic E-state index is 0.383. The van der Waals surface area contributed by atoms with Gasteiger partial charge in [0.1, 0.15) is 0 Å². The van der Waals surface area contributed by atoms with Gasteiger partial charge in [0.2, 0.25) is 0 Å². The number of rotatable bonds is 9. The van der Waals surface area contributed by atoms with Gasteiger partial charge in [0.15, 0.2) is 0 Å². The van der Waals surface area contributed by atoms with Crippen molar-refractivity contribution < 1.29 is 4.74 Å². The number of pyridine rings is 1. The van der Waals surface area contributed by atoms with Crippen LogP contribution in [-0.4, -0.2) is 24.7 Å². The smallest absolute Gasteiger partial charge is 0.0478 e. The first kappa shape index (κ1) is 14.1. The monoisotopic (exact) mass is 236 g/mol. The van der Waals surface area contributed by atoms with Gasteiger partial charge in [-0.05, 0) is 44.0 Å². The highest BCUT2D eigenvalue weighted by Crippen LogP contribution is 2.09. The van der Waals surface area contributed by atoms with Gasteiger partial charge in [-0.2, -0.15) is 0 Å². The summed E-state index contributed by atoms with van der Waals surface area (Å²) >= 11 is 0. The molecule has 0 saturated carbocycles. The fourth-order valence-corrected chi connectivity index (χ4v) is 1.61. The second kappa shape index (κ2) is 9.14. The summed E-state index contributed by atoms with van der Waals surface area (Å²) in [5.41, 5.74) is 1.28. The molecule has 0 radical (unpaired) electrons. The molecule has 0 bridgehead atoms. The Bertz CT molecular complexity index is 277. The predicted molar refractivity (Wildman–Crippen MR) is 71.0 cm³/mol. The van der Waals surface area contributed by atoms with Crippen molar-refractivity contribution in [3.8, 4) is 0 Å². The van der Waals surface area contributed by atoms with Gasteiger partial charge in [-0.1, -0.05) is 13.3 Å². The molecule has 0 fully saturated rings. The van der Waals surface area contributed by atoms with Crippen molar-refractivity contribution in [3.63, 3.8) is 0 Å². The van der Waals surface area contributed by atoms with Crippen molar-refractivity contribution in [2.45, 2.75) is 39.2 Å². The molecule has 0 aromatic carbocycles. The Morgan fingerprint density at radius 1 is 1.24 bits per heavy atom. The van der Waals surface area contributed by atoms with Crippen LogP contribution >= 0.6 is 0 Å². The Kier molecular flexibility index (Phi) is 7.60. The van der Waals surface area contributed by atoms with Crippen LogP contribution in [0.4, 0.5) is 0 Å². The van der Waals surface area contributed by atoms with E-state index in [-0.39, 0.29) is 0 Å². The van der Waals surface area contributed by atoms with Crippen LogP contribution in [0.25, 0.3) is 0 Å². The van der Waals surface area contributed by atoms with E-state index in [9.17, 15) is 0 Å². The number of unbranched alkanes of at least 4 members (excludes halogenated alkanes) is 1. The Labute approximate surface area is 105 Å². The standard InChI is InChI=1S/C14H24N2O/c1-3-4-11-17-12-5-8-16-13(2)14-6-9-15-10-7-14/h6-7,9-10,13,16H,3-5,8,11-12H2,1-2H3. The van der Waals surface area contributed by atoms with Gasteiger partial charge < -0.3 is 10.1 Å². The molecule has 3 nitrogen and oxygen atoms in total. The van der Waals surface area contributed by atoms with E-state index in [2.05, 4.69) is 36.3 Å². The Morgan fingerprint density at radius 2 is 1.94 bits per heavy atom. The average Bonchev–Trinajstić information content (AvgIpc) is 2.38. The molecule has 1 atom stereocenters. The second-order valence-electron chi connectivity index (χ2n) is 4.28. The van der Waals surface area contributed by atoms with Gasteiger partial charge in [-0.15, -0.1) is 0 Å².